The Morgan fingerprint density at radius 3 is 2.49 bits per heavy atom. The summed E-state index contributed by atoms with van der Waals surface area (Å²) < 4.78 is 52.3. The van der Waals surface area contributed by atoms with Crippen LogP contribution in [-0.2, 0) is 22.4 Å². The van der Waals surface area contributed by atoms with Crippen LogP contribution < -0.4 is 10.6 Å². The molecule has 41 heavy (non-hydrogen) atoms. The van der Waals surface area contributed by atoms with Gasteiger partial charge in [0.2, 0.25) is 0 Å². The zero-order valence-corrected chi connectivity index (χ0v) is 22.9. The molecule has 4 heterocycles. The van der Waals surface area contributed by atoms with E-state index in [1.54, 1.807) is 30.5 Å². The van der Waals surface area contributed by atoms with Crippen molar-refractivity contribution in [3.05, 3.63) is 59.5 Å². The lowest BCUT2D eigenvalue weighted by molar-refractivity contribution is -0.140. The first-order valence-electron chi connectivity index (χ1n) is 14.2. The quantitative estimate of drug-likeness (QED) is 0.360. The number of nitrogens with zero attached hydrogens (tertiary/aromatic N) is 2. The molecule has 1 aromatic carbocycles. The van der Waals surface area contributed by atoms with Crippen molar-refractivity contribution in [1.82, 2.24) is 14.9 Å². The third-order valence-electron chi connectivity index (χ3n) is 7.64. The van der Waals surface area contributed by atoms with Gasteiger partial charge in [0.1, 0.15) is 12.2 Å². The van der Waals surface area contributed by atoms with Crippen LogP contribution in [0.5, 0.6) is 0 Å². The fraction of sp³-hybridized carbons (Fsp3) is 0.484. The summed E-state index contributed by atoms with van der Waals surface area (Å²) in [5.41, 5.74) is 2.93. The van der Waals surface area contributed by atoms with E-state index in [1.807, 2.05) is 12.1 Å². The van der Waals surface area contributed by atoms with Crippen LogP contribution in [0, 0.1) is 17.8 Å². The Morgan fingerprint density at radius 2 is 1.78 bits per heavy atom. The van der Waals surface area contributed by atoms with Gasteiger partial charge < -0.3 is 24.7 Å². The lowest BCUT2D eigenvalue weighted by atomic mass is 9.92. The van der Waals surface area contributed by atoms with Gasteiger partial charge in [-0.25, -0.2) is 4.98 Å². The molecule has 0 unspecified atom stereocenters. The molecule has 1 amide bonds. The number of alkyl halides is 3. The number of benzene rings is 1. The predicted octanol–water partition coefficient (Wildman–Crippen LogP) is 5.33. The highest BCUT2D eigenvalue weighted by atomic mass is 19.4. The Hall–Kier alpha value is -3.55. The molecule has 0 spiro atoms. The molecule has 0 atom stereocenters. The summed E-state index contributed by atoms with van der Waals surface area (Å²) in [4.78, 5) is 16.7. The normalized spacial score (nSPS) is 16.8. The van der Waals surface area contributed by atoms with Crippen molar-refractivity contribution in [2.75, 3.05) is 38.3 Å². The van der Waals surface area contributed by atoms with Crippen molar-refractivity contribution in [2.45, 2.75) is 57.3 Å². The molecule has 2 aliphatic heterocycles. The van der Waals surface area contributed by atoms with E-state index in [-0.39, 0.29) is 18.5 Å². The molecule has 7 nitrogen and oxygen atoms in total. The standard InChI is InChI=1S/C31H35F3N4O3/c32-31(33,34)21-38-27(19-24-18-23(5-8-29(24)38)4-3-22-9-14-40-15-10-22)2-1-13-35-26-6-7-28(36-20-26)30(39)37-25-11-16-41-17-12-25/h5-8,18-20,22,25,35H,3-4,9-17,21H2,(H,37,39). The molecule has 2 saturated heterocycles. The number of aromatic nitrogens is 2. The molecule has 2 fully saturated rings. The van der Waals surface area contributed by atoms with Crippen molar-refractivity contribution < 1.29 is 27.4 Å². The van der Waals surface area contributed by atoms with E-state index in [1.165, 1.54) is 4.57 Å². The predicted molar refractivity (Wildman–Crippen MR) is 151 cm³/mol. The number of ether oxygens (including phenoxy) is 2. The number of pyridine rings is 1. The molecule has 3 aromatic rings. The largest absolute Gasteiger partial charge is 0.406 e. The highest BCUT2D eigenvalue weighted by Gasteiger charge is 2.29. The number of halogens is 3. The summed E-state index contributed by atoms with van der Waals surface area (Å²) in [7, 11) is 0. The van der Waals surface area contributed by atoms with E-state index in [4.69, 9.17) is 9.47 Å². The summed E-state index contributed by atoms with van der Waals surface area (Å²) in [6.07, 6.45) is 2.80. The first kappa shape index (κ1) is 29.0. The minimum Gasteiger partial charge on any atom is -0.381 e. The van der Waals surface area contributed by atoms with Crippen molar-refractivity contribution in [3.63, 3.8) is 0 Å². The lowest BCUT2D eigenvalue weighted by Gasteiger charge is -2.22. The summed E-state index contributed by atoms with van der Waals surface area (Å²) in [6, 6.07) is 10.9. The van der Waals surface area contributed by atoms with Gasteiger partial charge in [-0.15, -0.1) is 0 Å². The Kier molecular flexibility index (Phi) is 9.47. The second-order valence-corrected chi connectivity index (χ2v) is 10.7. The minimum absolute atomic E-state index is 0.0859. The van der Waals surface area contributed by atoms with Gasteiger partial charge in [-0.3, -0.25) is 4.79 Å². The third-order valence-corrected chi connectivity index (χ3v) is 7.64. The van der Waals surface area contributed by atoms with Gasteiger partial charge in [0, 0.05) is 43.4 Å². The Labute approximate surface area is 237 Å². The number of nitrogens with one attached hydrogen (secondary N) is 2. The topological polar surface area (TPSA) is 77.4 Å². The number of amides is 1. The number of hydrogen-bond donors (Lipinski definition) is 2. The van der Waals surface area contributed by atoms with Crippen LogP contribution in [0.25, 0.3) is 10.9 Å². The number of carbonyl (C=O) groups excluding carboxylic acids is 1. The summed E-state index contributed by atoms with van der Waals surface area (Å²) in [5, 5.41) is 6.83. The number of anilines is 1. The SMILES string of the molecule is O=C(NC1CCOCC1)c1ccc(NCC#Cc2cc3cc(CCC4CCOCC4)ccc3n2CC(F)(F)F)cn1. The van der Waals surface area contributed by atoms with Crippen LogP contribution in [-0.4, -0.2) is 60.6 Å². The van der Waals surface area contributed by atoms with Crippen LogP contribution in [0.3, 0.4) is 0 Å². The number of carbonyl (C=O) groups is 1. The summed E-state index contributed by atoms with van der Waals surface area (Å²) >= 11 is 0. The Morgan fingerprint density at radius 1 is 1.02 bits per heavy atom. The van der Waals surface area contributed by atoms with Gasteiger partial charge in [0.25, 0.3) is 5.91 Å². The highest BCUT2D eigenvalue weighted by Crippen LogP contribution is 2.28. The van der Waals surface area contributed by atoms with Gasteiger partial charge in [0.05, 0.1) is 24.1 Å². The molecule has 2 aromatic heterocycles. The van der Waals surface area contributed by atoms with Crippen molar-refractivity contribution in [2.24, 2.45) is 5.92 Å². The smallest absolute Gasteiger partial charge is 0.381 e. The molecule has 10 heteroatoms. The molecular formula is C31H35F3N4O3. The molecule has 0 saturated carbocycles. The molecule has 218 valence electrons. The summed E-state index contributed by atoms with van der Waals surface area (Å²) in [6.45, 7) is 1.98. The van der Waals surface area contributed by atoms with Gasteiger partial charge in [0.15, 0.2) is 0 Å². The van der Waals surface area contributed by atoms with E-state index in [0.29, 0.717) is 41.7 Å². The molecule has 2 N–H and O–H groups in total. The first-order chi connectivity index (χ1) is 19.8. The fourth-order valence-corrected chi connectivity index (χ4v) is 5.35. The maximum atomic E-state index is 13.4. The third kappa shape index (κ3) is 8.24. The maximum Gasteiger partial charge on any atom is 0.406 e. The molecule has 5 rings (SSSR count). The second kappa shape index (κ2) is 13.4. The van der Waals surface area contributed by atoms with E-state index < -0.39 is 12.7 Å². The highest BCUT2D eigenvalue weighted by molar-refractivity contribution is 5.92. The lowest BCUT2D eigenvalue weighted by Crippen LogP contribution is -2.39. The Balaban J connectivity index is 1.22. The summed E-state index contributed by atoms with van der Waals surface area (Å²) in [5.74, 6) is 6.25. The zero-order valence-electron chi connectivity index (χ0n) is 22.9. The van der Waals surface area contributed by atoms with E-state index in [9.17, 15) is 18.0 Å². The second-order valence-electron chi connectivity index (χ2n) is 10.7. The number of aryl methyl sites for hydroxylation is 1. The molecule has 0 radical (unpaired) electrons. The van der Waals surface area contributed by atoms with Crippen molar-refractivity contribution >= 4 is 22.5 Å². The molecule has 0 aliphatic carbocycles. The van der Waals surface area contributed by atoms with Gasteiger partial charge in [-0.05, 0) is 86.3 Å². The average Bonchev–Trinajstić information content (AvgIpc) is 3.30. The van der Waals surface area contributed by atoms with Crippen LogP contribution in [0.15, 0.2) is 42.6 Å². The van der Waals surface area contributed by atoms with Gasteiger partial charge >= 0.3 is 6.18 Å². The van der Waals surface area contributed by atoms with Gasteiger partial charge in [-0.2, -0.15) is 13.2 Å². The fourth-order valence-electron chi connectivity index (χ4n) is 5.35. The zero-order chi connectivity index (χ0) is 28.7. The maximum absolute atomic E-state index is 13.4. The Bertz CT molecular complexity index is 1380. The van der Waals surface area contributed by atoms with Crippen molar-refractivity contribution in [3.8, 4) is 11.8 Å². The van der Waals surface area contributed by atoms with E-state index >= 15 is 0 Å². The van der Waals surface area contributed by atoms with Crippen LogP contribution in [0.4, 0.5) is 18.9 Å². The number of fused-ring (bicyclic) bond motifs is 1. The van der Waals surface area contributed by atoms with E-state index in [2.05, 4.69) is 27.5 Å². The monoisotopic (exact) mass is 568 g/mol. The number of hydrogen-bond acceptors (Lipinski definition) is 5. The molecule has 0 bridgehead atoms. The van der Waals surface area contributed by atoms with Gasteiger partial charge in [-0.1, -0.05) is 12.0 Å². The van der Waals surface area contributed by atoms with Crippen molar-refractivity contribution in [1.29, 1.82) is 0 Å². The van der Waals surface area contributed by atoms with Crippen LogP contribution in [0.1, 0.15) is 53.8 Å². The molecular weight excluding hydrogens is 533 g/mol. The van der Waals surface area contributed by atoms with Crippen LogP contribution >= 0.6 is 0 Å². The minimum atomic E-state index is -4.37. The average molecular weight is 569 g/mol. The molecule has 2 aliphatic rings. The number of rotatable bonds is 8. The van der Waals surface area contributed by atoms with Crippen LogP contribution in [0.2, 0.25) is 0 Å². The first-order valence-corrected chi connectivity index (χ1v) is 14.2. The van der Waals surface area contributed by atoms with E-state index in [0.717, 1.165) is 62.7 Å².